The number of allylic oxidation sites excluding steroid dienone is 2. The number of esters is 1. The molecular formula is C16H22ClNO3. The highest BCUT2D eigenvalue weighted by Crippen LogP contribution is 2.55. The number of hydrogen-bond acceptors (Lipinski definition) is 3. The van der Waals surface area contributed by atoms with Gasteiger partial charge in [0.1, 0.15) is 0 Å². The highest BCUT2D eigenvalue weighted by atomic mass is 35.5. The maximum Gasteiger partial charge on any atom is 0.337 e. The van der Waals surface area contributed by atoms with E-state index in [1.54, 1.807) is 0 Å². The number of fused-ring (bicyclic) bond motifs is 1. The van der Waals surface area contributed by atoms with Crippen molar-refractivity contribution in [3.05, 3.63) is 12.2 Å². The van der Waals surface area contributed by atoms with Crippen molar-refractivity contribution in [2.24, 2.45) is 17.8 Å². The predicted molar refractivity (Wildman–Crippen MR) is 79.8 cm³/mol. The quantitative estimate of drug-likeness (QED) is 0.493. The summed E-state index contributed by atoms with van der Waals surface area (Å²) in [5, 5.41) is 2.98. The summed E-state index contributed by atoms with van der Waals surface area (Å²) < 4.78 is 5.50. The van der Waals surface area contributed by atoms with E-state index < -0.39 is 11.1 Å². The van der Waals surface area contributed by atoms with Gasteiger partial charge in [0.05, 0.1) is 5.92 Å². The molecular weight excluding hydrogens is 290 g/mol. The molecule has 1 N–H and O–H groups in total. The van der Waals surface area contributed by atoms with Crippen molar-refractivity contribution >= 4 is 23.5 Å². The van der Waals surface area contributed by atoms with Crippen LogP contribution in [0.2, 0.25) is 0 Å². The molecule has 2 saturated heterocycles. The lowest BCUT2D eigenvalue weighted by molar-refractivity contribution is -0.230. The third-order valence-electron chi connectivity index (χ3n) is 5.73. The number of amides is 1. The number of hydrogen-bond donors (Lipinski definition) is 1. The van der Waals surface area contributed by atoms with Gasteiger partial charge in [0.25, 0.3) is 0 Å². The van der Waals surface area contributed by atoms with Crippen LogP contribution in [0.3, 0.4) is 0 Å². The number of ether oxygens (including phenoxy) is 1. The van der Waals surface area contributed by atoms with Crippen LogP contribution in [-0.4, -0.2) is 28.9 Å². The van der Waals surface area contributed by atoms with E-state index in [1.165, 1.54) is 0 Å². The lowest BCUT2D eigenvalue weighted by Gasteiger charge is -2.55. The Labute approximate surface area is 130 Å². The molecule has 2 fully saturated rings. The maximum atomic E-state index is 12.3. The number of halogens is 1. The molecule has 4 nitrogen and oxygen atoms in total. The Kier molecular flexibility index (Phi) is 3.55. The van der Waals surface area contributed by atoms with E-state index in [9.17, 15) is 9.59 Å². The van der Waals surface area contributed by atoms with E-state index in [0.29, 0.717) is 18.2 Å². The zero-order valence-corrected chi connectivity index (χ0v) is 13.3. The molecule has 0 aromatic rings. The average Bonchev–Trinajstić information content (AvgIpc) is 2.65. The lowest BCUT2D eigenvalue weighted by Crippen LogP contribution is -2.77. The fourth-order valence-corrected chi connectivity index (χ4v) is 4.62. The SMILES string of the molecule is C[C@@H]([C@@H]1C=CCCC1)C12NC(=O)[C@H](CCCl)[C@]1(C)OC2=O. The molecule has 0 bridgehead atoms. The second kappa shape index (κ2) is 5.01. The smallest absolute Gasteiger partial charge is 0.337 e. The van der Waals surface area contributed by atoms with Gasteiger partial charge in [0.15, 0.2) is 11.1 Å². The van der Waals surface area contributed by atoms with Crippen LogP contribution in [0.4, 0.5) is 0 Å². The first-order valence-corrected chi connectivity index (χ1v) is 8.29. The molecule has 0 aromatic heterocycles. The Morgan fingerprint density at radius 1 is 1.52 bits per heavy atom. The van der Waals surface area contributed by atoms with Crippen LogP contribution in [0, 0.1) is 17.8 Å². The molecule has 0 spiro atoms. The first-order valence-electron chi connectivity index (χ1n) is 7.75. The van der Waals surface area contributed by atoms with Crippen molar-refractivity contribution in [3.63, 3.8) is 0 Å². The molecule has 3 rings (SSSR count). The molecule has 21 heavy (non-hydrogen) atoms. The van der Waals surface area contributed by atoms with Gasteiger partial charge in [-0.05, 0) is 38.5 Å². The summed E-state index contributed by atoms with van der Waals surface area (Å²) in [5.41, 5.74) is -1.64. The predicted octanol–water partition coefficient (Wildman–Crippen LogP) is 2.41. The van der Waals surface area contributed by atoms with Gasteiger partial charge in [-0.1, -0.05) is 19.1 Å². The van der Waals surface area contributed by atoms with Crippen LogP contribution in [0.5, 0.6) is 0 Å². The zero-order valence-electron chi connectivity index (χ0n) is 12.5. The van der Waals surface area contributed by atoms with Crippen LogP contribution in [0.15, 0.2) is 12.2 Å². The molecule has 116 valence electrons. The molecule has 0 saturated carbocycles. The summed E-state index contributed by atoms with van der Waals surface area (Å²) in [6, 6.07) is 0. The molecule has 2 aliphatic heterocycles. The zero-order chi connectivity index (χ0) is 15.3. The molecule has 5 heteroatoms. The number of carbonyl (C=O) groups excluding carboxylic acids is 2. The normalized spacial score (nSPS) is 42.8. The van der Waals surface area contributed by atoms with E-state index in [2.05, 4.69) is 24.4 Å². The summed E-state index contributed by atoms with van der Waals surface area (Å²) in [6.07, 6.45) is 8.18. The van der Waals surface area contributed by atoms with E-state index in [4.69, 9.17) is 16.3 Å². The second-order valence-corrected chi connectivity index (χ2v) is 7.01. The van der Waals surface area contributed by atoms with Gasteiger partial charge in [-0.25, -0.2) is 4.79 Å². The van der Waals surface area contributed by atoms with Crippen LogP contribution >= 0.6 is 11.6 Å². The van der Waals surface area contributed by atoms with Crippen molar-refractivity contribution in [3.8, 4) is 0 Å². The summed E-state index contributed by atoms with van der Waals surface area (Å²) >= 11 is 5.82. The van der Waals surface area contributed by atoms with Crippen LogP contribution < -0.4 is 5.32 Å². The van der Waals surface area contributed by atoms with Crippen molar-refractivity contribution in [2.45, 2.75) is 50.7 Å². The van der Waals surface area contributed by atoms with Crippen LogP contribution in [0.25, 0.3) is 0 Å². The Balaban J connectivity index is 1.94. The van der Waals surface area contributed by atoms with Gasteiger partial charge in [-0.2, -0.15) is 0 Å². The third-order valence-corrected chi connectivity index (χ3v) is 5.94. The lowest BCUT2D eigenvalue weighted by atomic mass is 9.61. The summed E-state index contributed by atoms with van der Waals surface area (Å²) in [7, 11) is 0. The number of nitrogens with one attached hydrogen (secondary N) is 1. The van der Waals surface area contributed by atoms with Crippen molar-refractivity contribution in [1.29, 1.82) is 0 Å². The molecule has 1 unspecified atom stereocenters. The van der Waals surface area contributed by atoms with Gasteiger partial charge in [-0.15, -0.1) is 11.6 Å². The van der Waals surface area contributed by atoms with E-state index in [0.717, 1.165) is 19.3 Å². The van der Waals surface area contributed by atoms with Crippen molar-refractivity contribution in [1.82, 2.24) is 5.32 Å². The van der Waals surface area contributed by atoms with Gasteiger partial charge in [0, 0.05) is 11.8 Å². The van der Waals surface area contributed by atoms with E-state index >= 15 is 0 Å². The highest BCUT2D eigenvalue weighted by Gasteiger charge is 2.78. The van der Waals surface area contributed by atoms with Crippen molar-refractivity contribution in [2.75, 3.05) is 5.88 Å². The fourth-order valence-electron chi connectivity index (χ4n) is 4.41. The number of alkyl halides is 1. The van der Waals surface area contributed by atoms with Gasteiger partial charge in [0.2, 0.25) is 5.91 Å². The number of carbonyl (C=O) groups is 2. The monoisotopic (exact) mass is 311 g/mol. The molecule has 3 aliphatic rings. The first kappa shape index (κ1) is 14.9. The molecule has 1 amide bonds. The molecule has 1 aliphatic carbocycles. The Morgan fingerprint density at radius 3 is 2.86 bits per heavy atom. The summed E-state index contributed by atoms with van der Waals surface area (Å²) in [4.78, 5) is 24.7. The Bertz CT molecular complexity index is 506. The Hall–Kier alpha value is -1.03. The van der Waals surface area contributed by atoms with Crippen LogP contribution in [0.1, 0.15) is 39.5 Å². The molecule has 5 atom stereocenters. The molecule has 0 radical (unpaired) electrons. The van der Waals surface area contributed by atoms with Crippen LogP contribution in [-0.2, 0) is 14.3 Å². The minimum atomic E-state index is -0.882. The fraction of sp³-hybridized carbons (Fsp3) is 0.750. The van der Waals surface area contributed by atoms with Gasteiger partial charge in [-0.3, -0.25) is 4.79 Å². The summed E-state index contributed by atoms with van der Waals surface area (Å²) in [5.74, 6) is -0.00948. The summed E-state index contributed by atoms with van der Waals surface area (Å²) in [6.45, 7) is 3.94. The van der Waals surface area contributed by atoms with Crippen molar-refractivity contribution < 1.29 is 14.3 Å². The van der Waals surface area contributed by atoms with Gasteiger partial charge < -0.3 is 10.1 Å². The van der Waals surface area contributed by atoms with E-state index in [1.807, 2.05) is 6.92 Å². The minimum absolute atomic E-state index is 0.0320. The highest BCUT2D eigenvalue weighted by molar-refractivity contribution is 6.18. The Morgan fingerprint density at radius 2 is 2.29 bits per heavy atom. The standard InChI is InChI=1S/C16H22ClNO3/c1-10(11-6-4-3-5-7-11)16-14(20)21-15(16,2)12(8-9-17)13(19)18-16/h4,6,10-12H,3,5,7-9H2,1-2H3,(H,18,19)/t10-,11+,12-,15-,16?/m0/s1. The van der Waals surface area contributed by atoms with E-state index in [-0.39, 0.29) is 23.7 Å². The third kappa shape index (κ3) is 1.81. The molecule has 0 aromatic carbocycles. The first-order chi connectivity index (χ1) is 9.97. The molecule has 2 heterocycles. The minimum Gasteiger partial charge on any atom is -0.453 e. The maximum absolute atomic E-state index is 12.3. The van der Waals surface area contributed by atoms with Gasteiger partial charge >= 0.3 is 5.97 Å². The second-order valence-electron chi connectivity index (χ2n) is 6.64. The topological polar surface area (TPSA) is 55.4 Å². The largest absolute Gasteiger partial charge is 0.453 e. The average molecular weight is 312 g/mol. The number of rotatable bonds is 4.